The molecule has 0 aromatic heterocycles. The zero-order valence-electron chi connectivity index (χ0n) is 24.6. The first kappa shape index (κ1) is 33.4. The molecule has 256 valence electrons. The van der Waals surface area contributed by atoms with Crippen molar-refractivity contribution >= 4 is 22.7 Å². The topological polar surface area (TPSA) is 34.1 Å². The van der Waals surface area contributed by atoms with Crippen LogP contribution in [0.4, 0.5) is 52.7 Å². The fraction of sp³-hybridized carbons (Fsp3) is 0.167. The minimum absolute atomic E-state index is 0.00308. The number of rotatable bonds is 2. The van der Waals surface area contributed by atoms with E-state index in [1.807, 2.05) is 0 Å². The molecule has 4 aromatic carbocycles. The number of hydrogen-bond acceptors (Lipinski definition) is 2. The van der Waals surface area contributed by atoms with Gasteiger partial charge in [-0.3, -0.25) is 9.59 Å². The SMILES string of the molecule is O=C1C2=C(CC3C(=O)c4cc(-c5cc(C(F)(F)F)cc(C(F)(F)F)c5)ccc4C3=C2)c2ccc(-c3cc(C(F)(F)F)cc(C(F)(F)F)c3)cc21. The van der Waals surface area contributed by atoms with Gasteiger partial charge in [-0.1, -0.05) is 24.3 Å². The van der Waals surface area contributed by atoms with Crippen molar-refractivity contribution in [3.8, 4) is 22.3 Å². The lowest BCUT2D eigenvalue weighted by Gasteiger charge is -2.19. The molecular weight excluding hydrogens is 692 g/mol. The van der Waals surface area contributed by atoms with E-state index < -0.39 is 75.6 Å². The number of halogens is 12. The summed E-state index contributed by atoms with van der Waals surface area (Å²) in [6.07, 6.45) is -18.9. The Labute approximate surface area is 273 Å². The van der Waals surface area contributed by atoms with Crippen molar-refractivity contribution in [3.63, 3.8) is 0 Å². The molecule has 7 rings (SSSR count). The predicted molar refractivity (Wildman–Crippen MR) is 155 cm³/mol. The van der Waals surface area contributed by atoms with E-state index in [0.29, 0.717) is 46.5 Å². The van der Waals surface area contributed by atoms with Crippen LogP contribution in [0.3, 0.4) is 0 Å². The summed E-state index contributed by atoms with van der Waals surface area (Å²) in [5, 5.41) is 0. The van der Waals surface area contributed by atoms with Crippen LogP contribution in [0.15, 0.2) is 84.4 Å². The van der Waals surface area contributed by atoms with Gasteiger partial charge >= 0.3 is 24.7 Å². The number of hydrogen-bond donors (Lipinski definition) is 0. The molecule has 0 spiro atoms. The molecule has 3 aliphatic carbocycles. The van der Waals surface area contributed by atoms with Crippen molar-refractivity contribution in [3.05, 3.63) is 129 Å². The molecule has 0 fully saturated rings. The second-order valence-corrected chi connectivity index (χ2v) is 12.1. The van der Waals surface area contributed by atoms with Crippen molar-refractivity contribution in [1.82, 2.24) is 0 Å². The Morgan fingerprint density at radius 2 is 0.880 bits per heavy atom. The smallest absolute Gasteiger partial charge is 0.293 e. The molecule has 2 nitrogen and oxygen atoms in total. The summed E-state index contributed by atoms with van der Waals surface area (Å²) in [5.41, 5.74) is -5.54. The van der Waals surface area contributed by atoms with E-state index in [4.69, 9.17) is 0 Å². The fourth-order valence-electron chi connectivity index (χ4n) is 6.65. The molecule has 14 heteroatoms. The third-order valence-electron chi connectivity index (χ3n) is 9.00. The molecule has 0 saturated carbocycles. The maximum absolute atomic E-state index is 13.6. The van der Waals surface area contributed by atoms with Crippen molar-refractivity contribution in [2.75, 3.05) is 0 Å². The average molecular weight is 708 g/mol. The number of alkyl halides is 12. The molecule has 4 aromatic rings. The molecule has 0 amide bonds. The van der Waals surface area contributed by atoms with Gasteiger partial charge in [0.05, 0.1) is 28.2 Å². The third kappa shape index (κ3) is 5.50. The zero-order valence-corrected chi connectivity index (χ0v) is 24.6. The maximum atomic E-state index is 13.6. The molecule has 3 aliphatic rings. The number of fused-ring (bicyclic) bond motifs is 5. The first-order chi connectivity index (χ1) is 23.1. The lowest BCUT2D eigenvalue weighted by atomic mass is 9.83. The first-order valence-corrected chi connectivity index (χ1v) is 14.5. The third-order valence-corrected chi connectivity index (χ3v) is 9.00. The Kier molecular flexibility index (Phi) is 7.13. The number of benzene rings is 4. The predicted octanol–water partition coefficient (Wildman–Crippen LogP) is 11.3. The highest BCUT2D eigenvalue weighted by Gasteiger charge is 2.43. The summed E-state index contributed by atoms with van der Waals surface area (Å²) in [4.78, 5) is 27.2. The summed E-state index contributed by atoms with van der Waals surface area (Å²) in [6.45, 7) is 0. The molecule has 0 heterocycles. The number of ketones is 2. The largest absolute Gasteiger partial charge is 0.416 e. The van der Waals surface area contributed by atoms with Crippen LogP contribution in [0.25, 0.3) is 33.4 Å². The van der Waals surface area contributed by atoms with Crippen LogP contribution >= 0.6 is 0 Å². The van der Waals surface area contributed by atoms with Gasteiger partial charge in [-0.15, -0.1) is 0 Å². The van der Waals surface area contributed by atoms with Gasteiger partial charge in [0.15, 0.2) is 11.6 Å². The summed E-state index contributed by atoms with van der Waals surface area (Å²) >= 11 is 0. The van der Waals surface area contributed by atoms with Gasteiger partial charge in [0.1, 0.15) is 0 Å². The van der Waals surface area contributed by atoms with E-state index in [9.17, 15) is 62.3 Å². The Balaban J connectivity index is 1.25. The van der Waals surface area contributed by atoms with Crippen molar-refractivity contribution < 1.29 is 62.3 Å². The van der Waals surface area contributed by atoms with Gasteiger partial charge in [0, 0.05) is 16.7 Å². The van der Waals surface area contributed by atoms with E-state index in [-0.39, 0.29) is 46.4 Å². The molecule has 0 N–H and O–H groups in total. The van der Waals surface area contributed by atoms with Crippen LogP contribution < -0.4 is 0 Å². The summed E-state index contributed by atoms with van der Waals surface area (Å²) < 4.78 is 162. The minimum Gasteiger partial charge on any atom is -0.293 e. The maximum Gasteiger partial charge on any atom is 0.416 e. The van der Waals surface area contributed by atoms with E-state index >= 15 is 0 Å². The van der Waals surface area contributed by atoms with Crippen LogP contribution in [-0.4, -0.2) is 11.6 Å². The molecular formula is C36H16F12O2. The number of allylic oxidation sites excluding steroid dienone is 4. The van der Waals surface area contributed by atoms with E-state index in [1.54, 1.807) is 0 Å². The molecule has 0 saturated heterocycles. The van der Waals surface area contributed by atoms with E-state index in [0.717, 1.165) is 0 Å². The molecule has 50 heavy (non-hydrogen) atoms. The number of carbonyl (C=O) groups excluding carboxylic acids is 2. The summed E-state index contributed by atoms with van der Waals surface area (Å²) in [5.74, 6) is -1.96. The lowest BCUT2D eigenvalue weighted by molar-refractivity contribution is -0.144. The Morgan fingerprint density at radius 3 is 1.32 bits per heavy atom. The van der Waals surface area contributed by atoms with Gasteiger partial charge in [0.2, 0.25) is 0 Å². The number of Topliss-reactive ketones (excluding diaryl/α,β-unsaturated/α-hetero) is 2. The van der Waals surface area contributed by atoms with Gasteiger partial charge < -0.3 is 0 Å². The first-order valence-electron chi connectivity index (χ1n) is 14.5. The molecule has 1 unspecified atom stereocenters. The average Bonchev–Trinajstić information content (AvgIpc) is 3.47. The summed E-state index contributed by atoms with van der Waals surface area (Å²) in [6, 6.07) is 9.81. The quantitative estimate of drug-likeness (QED) is 0.194. The van der Waals surface area contributed by atoms with Gasteiger partial charge in [-0.2, -0.15) is 52.7 Å². The molecule has 1 atom stereocenters. The van der Waals surface area contributed by atoms with Crippen molar-refractivity contribution in [1.29, 1.82) is 0 Å². The molecule has 0 bridgehead atoms. The summed E-state index contributed by atoms with van der Waals surface area (Å²) in [7, 11) is 0. The van der Waals surface area contributed by atoms with Crippen molar-refractivity contribution in [2.45, 2.75) is 31.1 Å². The van der Waals surface area contributed by atoms with Crippen LogP contribution in [0.5, 0.6) is 0 Å². The molecule has 0 radical (unpaired) electrons. The number of carbonyl (C=O) groups is 2. The van der Waals surface area contributed by atoms with E-state index in [1.165, 1.54) is 42.5 Å². The monoisotopic (exact) mass is 708 g/mol. The standard InChI is InChI=1S/C36H16F12O2/c37-33(38,39)19-5-17(6-20(11-19)34(40,41)42)15-1-3-23-25-13-30-26(14-29(25)31(49)27(23)9-15)24-4-2-16(10-28(24)32(30)50)18-7-21(35(43,44)45)12-22(8-18)36(46,47)48/h1-13,29H,14H2. The van der Waals surface area contributed by atoms with Crippen LogP contribution in [0.1, 0.15) is 60.5 Å². The second kappa shape index (κ2) is 10.7. The van der Waals surface area contributed by atoms with Gasteiger partial charge in [0.25, 0.3) is 0 Å². The van der Waals surface area contributed by atoms with Crippen LogP contribution in [0.2, 0.25) is 0 Å². The van der Waals surface area contributed by atoms with Crippen LogP contribution in [0, 0.1) is 5.92 Å². The highest BCUT2D eigenvalue weighted by Crippen LogP contribution is 2.51. The van der Waals surface area contributed by atoms with Crippen molar-refractivity contribution in [2.24, 2.45) is 5.92 Å². The van der Waals surface area contributed by atoms with E-state index in [2.05, 4.69) is 0 Å². The van der Waals surface area contributed by atoms with Gasteiger partial charge in [-0.05, 0) is 106 Å². The lowest BCUT2D eigenvalue weighted by Crippen LogP contribution is -2.13. The highest BCUT2D eigenvalue weighted by molar-refractivity contribution is 6.27. The highest BCUT2D eigenvalue weighted by atomic mass is 19.4. The Bertz CT molecular complexity index is 2160. The molecule has 0 aliphatic heterocycles. The second-order valence-electron chi connectivity index (χ2n) is 12.1. The zero-order chi connectivity index (χ0) is 36.3. The fourth-order valence-corrected chi connectivity index (χ4v) is 6.65. The minimum atomic E-state index is -5.09. The Hall–Kier alpha value is -5.14. The van der Waals surface area contributed by atoms with Gasteiger partial charge in [-0.25, -0.2) is 0 Å². The Morgan fingerprint density at radius 1 is 0.460 bits per heavy atom. The normalized spacial score (nSPS) is 17.4. The van der Waals surface area contributed by atoms with Crippen LogP contribution in [-0.2, 0) is 24.7 Å².